The van der Waals surface area contributed by atoms with E-state index in [1.807, 2.05) is 21.1 Å². The number of likely N-dealkylation sites (N-methyl/N-ethyl adjacent to an activating group) is 1. The van der Waals surface area contributed by atoms with Crippen molar-refractivity contribution in [1.82, 2.24) is 0 Å². The van der Waals surface area contributed by atoms with E-state index in [1.54, 1.807) is 0 Å². The number of carbonyl (C=O) groups excluding carboxylic acids is 1. The number of ether oxygens (including phenoxy) is 2. The van der Waals surface area contributed by atoms with Crippen LogP contribution in [0.5, 0.6) is 0 Å². The lowest BCUT2D eigenvalue weighted by Crippen LogP contribution is -2.37. The van der Waals surface area contributed by atoms with Crippen LogP contribution in [0.15, 0.2) is 12.2 Å². The summed E-state index contributed by atoms with van der Waals surface area (Å²) in [5.41, 5.74) is 0. The number of unbranched alkanes of at least 4 members (excludes halogenated alkanes) is 30. The molecule has 0 rings (SSSR count). The normalized spacial score (nSPS) is 13.7. The first kappa shape index (κ1) is 56.2. The maximum atomic E-state index is 12.7. The first-order valence-electron chi connectivity index (χ1n) is 24.4. The van der Waals surface area contributed by atoms with E-state index in [-0.39, 0.29) is 25.8 Å². The zero-order chi connectivity index (χ0) is 42.0. The van der Waals surface area contributed by atoms with Crippen molar-refractivity contribution < 1.29 is 37.3 Å². The largest absolute Gasteiger partial charge is 0.472 e. The highest BCUT2D eigenvalue weighted by Crippen LogP contribution is 2.43. The van der Waals surface area contributed by atoms with Gasteiger partial charge in [-0.1, -0.05) is 199 Å². The molecule has 0 saturated heterocycles. The average Bonchev–Trinajstić information content (AvgIpc) is 3.16. The zero-order valence-electron chi connectivity index (χ0n) is 38.6. The standard InChI is InChI=1S/C48H96NO7P/c1-6-8-10-12-14-16-18-20-22-24-25-26-27-29-31-33-35-37-39-41-48(50)56-47(46-55-57(51,52)54-44-42-49(3,4)5)45-53-43-40-38-36-34-32-30-28-23-21-19-17-15-13-11-9-7-2/h20,22,47H,6-19,21,23-46H2,1-5H3/p+1/b22-20-. The predicted molar refractivity (Wildman–Crippen MR) is 243 cm³/mol. The molecule has 0 fully saturated rings. The fourth-order valence-corrected chi connectivity index (χ4v) is 7.76. The summed E-state index contributed by atoms with van der Waals surface area (Å²) >= 11 is 0. The van der Waals surface area contributed by atoms with Gasteiger partial charge in [-0.15, -0.1) is 0 Å². The van der Waals surface area contributed by atoms with Gasteiger partial charge in [0.15, 0.2) is 0 Å². The Bertz CT molecular complexity index is 925. The third-order valence-electron chi connectivity index (χ3n) is 10.8. The van der Waals surface area contributed by atoms with Crippen LogP contribution in [0.4, 0.5) is 0 Å². The summed E-state index contributed by atoms with van der Waals surface area (Å²) in [6.07, 6.45) is 46.7. The third-order valence-corrected chi connectivity index (χ3v) is 11.8. The van der Waals surface area contributed by atoms with Gasteiger partial charge in [0.05, 0.1) is 34.4 Å². The van der Waals surface area contributed by atoms with E-state index in [0.717, 1.165) is 32.1 Å². The van der Waals surface area contributed by atoms with Crippen LogP contribution >= 0.6 is 7.82 Å². The van der Waals surface area contributed by atoms with Gasteiger partial charge in [0.25, 0.3) is 0 Å². The van der Waals surface area contributed by atoms with Crippen LogP contribution in [0.2, 0.25) is 0 Å². The Hall–Kier alpha value is -0.760. The number of phosphoric ester groups is 1. The van der Waals surface area contributed by atoms with E-state index < -0.39 is 13.9 Å². The SMILES string of the molecule is CCCCCCCC/C=C\CCCCCCCCCCCC(=O)OC(COCCCCCCCCCCCCCCCCCC)COP(=O)(O)OCC[N+](C)(C)C. The Morgan fingerprint density at radius 3 is 1.33 bits per heavy atom. The number of quaternary nitrogens is 1. The first-order valence-corrected chi connectivity index (χ1v) is 25.9. The number of nitrogens with zero attached hydrogens (tertiary/aromatic N) is 1. The van der Waals surface area contributed by atoms with Gasteiger partial charge in [-0.25, -0.2) is 4.57 Å². The molecule has 340 valence electrons. The summed E-state index contributed by atoms with van der Waals surface area (Å²) < 4.78 is 35.1. The van der Waals surface area contributed by atoms with Gasteiger partial charge in [0, 0.05) is 13.0 Å². The second-order valence-corrected chi connectivity index (χ2v) is 19.3. The molecular weight excluding hydrogens is 734 g/mol. The van der Waals surface area contributed by atoms with Gasteiger partial charge in [0.2, 0.25) is 0 Å². The van der Waals surface area contributed by atoms with Gasteiger partial charge >= 0.3 is 13.8 Å². The summed E-state index contributed by atoms with van der Waals surface area (Å²) in [6.45, 7) is 5.67. The molecule has 0 aromatic rings. The molecule has 9 heteroatoms. The van der Waals surface area contributed by atoms with Crippen molar-refractivity contribution in [1.29, 1.82) is 0 Å². The number of hydrogen-bond acceptors (Lipinski definition) is 6. The molecule has 0 amide bonds. The Labute approximate surface area is 354 Å². The van der Waals surface area contributed by atoms with E-state index in [4.69, 9.17) is 18.5 Å². The van der Waals surface area contributed by atoms with Crippen molar-refractivity contribution in [2.75, 3.05) is 54.1 Å². The molecule has 0 spiro atoms. The first-order chi connectivity index (χ1) is 27.6. The van der Waals surface area contributed by atoms with Crippen molar-refractivity contribution >= 4 is 13.8 Å². The number of allylic oxidation sites excluding steroid dienone is 2. The Morgan fingerprint density at radius 1 is 0.526 bits per heavy atom. The number of carbonyl (C=O) groups is 1. The molecule has 0 aliphatic rings. The van der Waals surface area contributed by atoms with E-state index in [2.05, 4.69) is 26.0 Å². The molecular formula is C48H97NO7P+. The minimum Gasteiger partial charge on any atom is -0.457 e. The average molecular weight is 831 g/mol. The minimum atomic E-state index is -4.27. The summed E-state index contributed by atoms with van der Waals surface area (Å²) in [6, 6.07) is 0. The molecule has 0 aromatic carbocycles. The lowest BCUT2D eigenvalue weighted by atomic mass is 10.0. The molecule has 57 heavy (non-hydrogen) atoms. The molecule has 0 aliphatic heterocycles. The van der Waals surface area contributed by atoms with Crippen molar-refractivity contribution in [2.24, 2.45) is 0 Å². The van der Waals surface area contributed by atoms with E-state index in [9.17, 15) is 14.3 Å². The van der Waals surface area contributed by atoms with E-state index in [0.29, 0.717) is 24.1 Å². The second-order valence-electron chi connectivity index (χ2n) is 17.9. The van der Waals surface area contributed by atoms with Crippen LogP contribution < -0.4 is 0 Å². The fraction of sp³-hybridized carbons (Fsp3) is 0.938. The summed E-state index contributed by atoms with van der Waals surface area (Å²) in [5.74, 6) is -0.311. The van der Waals surface area contributed by atoms with Crippen LogP contribution in [-0.2, 0) is 27.9 Å². The monoisotopic (exact) mass is 831 g/mol. The van der Waals surface area contributed by atoms with Gasteiger partial charge in [-0.2, -0.15) is 0 Å². The quantitative estimate of drug-likeness (QED) is 0.0215. The van der Waals surface area contributed by atoms with Crippen molar-refractivity contribution in [3.05, 3.63) is 12.2 Å². The van der Waals surface area contributed by atoms with Crippen molar-refractivity contribution in [3.63, 3.8) is 0 Å². The molecule has 0 aliphatic carbocycles. The van der Waals surface area contributed by atoms with Gasteiger partial charge < -0.3 is 18.9 Å². The topological polar surface area (TPSA) is 91.3 Å². The van der Waals surface area contributed by atoms with Gasteiger partial charge in [-0.3, -0.25) is 13.8 Å². The van der Waals surface area contributed by atoms with Crippen molar-refractivity contribution in [2.45, 2.75) is 238 Å². The molecule has 0 aromatic heterocycles. The highest BCUT2D eigenvalue weighted by Gasteiger charge is 2.26. The lowest BCUT2D eigenvalue weighted by molar-refractivity contribution is -0.870. The Morgan fingerprint density at radius 2 is 0.912 bits per heavy atom. The van der Waals surface area contributed by atoms with Crippen molar-refractivity contribution in [3.8, 4) is 0 Å². The van der Waals surface area contributed by atoms with E-state index in [1.165, 1.54) is 180 Å². The minimum absolute atomic E-state index is 0.0918. The van der Waals surface area contributed by atoms with Crippen LogP contribution in [-0.4, -0.2) is 75.6 Å². The Kier molecular flexibility index (Phi) is 41.4. The molecule has 0 heterocycles. The smallest absolute Gasteiger partial charge is 0.457 e. The number of phosphoric acid groups is 1. The predicted octanol–water partition coefficient (Wildman–Crippen LogP) is 14.6. The molecule has 2 atom stereocenters. The number of hydrogen-bond donors (Lipinski definition) is 1. The molecule has 0 bridgehead atoms. The highest BCUT2D eigenvalue weighted by atomic mass is 31.2. The van der Waals surface area contributed by atoms with Crippen LogP contribution in [0, 0.1) is 0 Å². The maximum absolute atomic E-state index is 12.7. The summed E-state index contributed by atoms with van der Waals surface area (Å²) in [5, 5.41) is 0. The molecule has 0 radical (unpaired) electrons. The summed E-state index contributed by atoms with van der Waals surface area (Å²) in [7, 11) is 1.68. The van der Waals surface area contributed by atoms with Crippen LogP contribution in [0.3, 0.4) is 0 Å². The summed E-state index contributed by atoms with van der Waals surface area (Å²) in [4.78, 5) is 23.0. The highest BCUT2D eigenvalue weighted by molar-refractivity contribution is 7.47. The third kappa shape index (κ3) is 46.2. The maximum Gasteiger partial charge on any atom is 0.472 e. The van der Waals surface area contributed by atoms with E-state index >= 15 is 0 Å². The molecule has 1 N–H and O–H groups in total. The van der Waals surface area contributed by atoms with Crippen LogP contribution in [0.1, 0.15) is 232 Å². The lowest BCUT2D eigenvalue weighted by Gasteiger charge is -2.24. The van der Waals surface area contributed by atoms with Crippen LogP contribution in [0.25, 0.3) is 0 Å². The second kappa shape index (κ2) is 42.0. The number of esters is 1. The zero-order valence-corrected chi connectivity index (χ0v) is 39.5. The number of rotatable bonds is 46. The fourth-order valence-electron chi connectivity index (χ4n) is 7.02. The van der Waals surface area contributed by atoms with Gasteiger partial charge in [-0.05, 0) is 38.5 Å². The molecule has 0 saturated carbocycles. The van der Waals surface area contributed by atoms with Gasteiger partial charge in [0.1, 0.15) is 19.3 Å². The molecule has 8 nitrogen and oxygen atoms in total. The molecule has 2 unspecified atom stereocenters. The Balaban J connectivity index is 4.14.